The van der Waals surface area contributed by atoms with E-state index < -0.39 is 24.8 Å². The molecule has 3 rings (SSSR count). The first-order chi connectivity index (χ1) is 10.8. The molecule has 0 spiro atoms. The molecule has 118 valence electrons. The SMILES string of the molecule is O=C(Nc1cccc(C(F)(F)F)c1)c1ccc2c(c1)COB2O. The summed E-state index contributed by atoms with van der Waals surface area (Å²) in [5.41, 5.74) is 0.760. The fourth-order valence-corrected chi connectivity index (χ4v) is 2.35. The van der Waals surface area contributed by atoms with Crippen LogP contribution in [-0.2, 0) is 17.4 Å². The maximum atomic E-state index is 12.7. The molecule has 4 nitrogen and oxygen atoms in total. The predicted molar refractivity (Wildman–Crippen MR) is 78.2 cm³/mol. The molecule has 1 amide bonds. The van der Waals surface area contributed by atoms with E-state index in [1.807, 2.05) is 0 Å². The number of hydrogen-bond acceptors (Lipinski definition) is 3. The molecule has 8 heteroatoms. The molecule has 0 bridgehead atoms. The lowest BCUT2D eigenvalue weighted by Gasteiger charge is -2.10. The van der Waals surface area contributed by atoms with Crippen molar-refractivity contribution in [2.24, 2.45) is 0 Å². The number of anilines is 1. The first-order valence-electron chi connectivity index (χ1n) is 6.76. The number of carbonyl (C=O) groups is 1. The molecule has 0 radical (unpaired) electrons. The molecule has 1 aliphatic heterocycles. The molecule has 1 heterocycles. The summed E-state index contributed by atoms with van der Waals surface area (Å²) < 4.78 is 43.0. The van der Waals surface area contributed by atoms with Gasteiger partial charge in [0.25, 0.3) is 5.91 Å². The molecule has 0 saturated carbocycles. The van der Waals surface area contributed by atoms with Crippen LogP contribution in [0.15, 0.2) is 42.5 Å². The van der Waals surface area contributed by atoms with Crippen molar-refractivity contribution in [3.63, 3.8) is 0 Å². The number of halogens is 3. The summed E-state index contributed by atoms with van der Waals surface area (Å²) in [5, 5.41) is 12.0. The molecule has 1 aliphatic rings. The molecule has 0 aromatic heterocycles. The second-order valence-electron chi connectivity index (χ2n) is 5.11. The quantitative estimate of drug-likeness (QED) is 0.834. The Morgan fingerprint density at radius 3 is 2.74 bits per heavy atom. The van der Waals surface area contributed by atoms with E-state index in [0.717, 1.165) is 12.1 Å². The van der Waals surface area contributed by atoms with Crippen molar-refractivity contribution in [2.75, 3.05) is 5.32 Å². The first-order valence-corrected chi connectivity index (χ1v) is 6.76. The van der Waals surface area contributed by atoms with Crippen molar-refractivity contribution >= 4 is 24.2 Å². The summed E-state index contributed by atoms with van der Waals surface area (Å²) in [6.45, 7) is 0.182. The van der Waals surface area contributed by atoms with Gasteiger partial charge in [0, 0.05) is 11.3 Å². The molecule has 0 aliphatic carbocycles. The zero-order chi connectivity index (χ0) is 16.6. The van der Waals surface area contributed by atoms with E-state index in [4.69, 9.17) is 4.65 Å². The Morgan fingerprint density at radius 2 is 2.00 bits per heavy atom. The van der Waals surface area contributed by atoms with Crippen molar-refractivity contribution in [3.8, 4) is 0 Å². The number of nitrogens with one attached hydrogen (secondary N) is 1. The molecule has 0 fully saturated rings. The third kappa shape index (κ3) is 3.23. The molecule has 2 N–H and O–H groups in total. The zero-order valence-corrected chi connectivity index (χ0v) is 11.7. The van der Waals surface area contributed by atoms with Gasteiger partial charge in [-0.3, -0.25) is 4.79 Å². The van der Waals surface area contributed by atoms with Gasteiger partial charge in [-0.05, 0) is 41.4 Å². The van der Waals surface area contributed by atoms with Crippen LogP contribution in [0, 0.1) is 0 Å². The van der Waals surface area contributed by atoms with Gasteiger partial charge in [-0.15, -0.1) is 0 Å². The van der Waals surface area contributed by atoms with E-state index in [-0.39, 0.29) is 17.9 Å². The van der Waals surface area contributed by atoms with Crippen molar-refractivity contribution in [1.82, 2.24) is 0 Å². The normalized spacial score (nSPS) is 13.8. The summed E-state index contributed by atoms with van der Waals surface area (Å²) in [6, 6.07) is 9.02. The fraction of sp³-hybridized carbons (Fsp3) is 0.133. The van der Waals surface area contributed by atoms with E-state index >= 15 is 0 Å². The summed E-state index contributed by atoms with van der Waals surface area (Å²) >= 11 is 0. The summed E-state index contributed by atoms with van der Waals surface area (Å²) in [5.74, 6) is -0.534. The minimum absolute atomic E-state index is 0.0570. The molecule has 2 aromatic rings. The Hall–Kier alpha value is -2.32. The van der Waals surface area contributed by atoms with E-state index in [0.29, 0.717) is 11.0 Å². The number of carbonyl (C=O) groups excluding carboxylic acids is 1. The monoisotopic (exact) mass is 321 g/mol. The average Bonchev–Trinajstić information content (AvgIpc) is 2.87. The van der Waals surface area contributed by atoms with Gasteiger partial charge in [0.05, 0.1) is 12.2 Å². The van der Waals surface area contributed by atoms with Gasteiger partial charge < -0.3 is 15.0 Å². The maximum absolute atomic E-state index is 12.7. The van der Waals surface area contributed by atoms with Gasteiger partial charge >= 0.3 is 13.3 Å². The smallest absolute Gasteiger partial charge is 0.423 e. The van der Waals surface area contributed by atoms with Crippen molar-refractivity contribution < 1.29 is 27.6 Å². The number of amides is 1. The van der Waals surface area contributed by atoms with Crippen LogP contribution in [0.4, 0.5) is 18.9 Å². The van der Waals surface area contributed by atoms with Crippen LogP contribution in [0.2, 0.25) is 0 Å². The average molecular weight is 321 g/mol. The zero-order valence-electron chi connectivity index (χ0n) is 11.7. The fourth-order valence-electron chi connectivity index (χ4n) is 2.35. The molecule has 0 atom stereocenters. The van der Waals surface area contributed by atoms with Gasteiger partial charge in [0.2, 0.25) is 0 Å². The highest BCUT2D eigenvalue weighted by Crippen LogP contribution is 2.30. The third-order valence-electron chi connectivity index (χ3n) is 3.52. The first kappa shape index (κ1) is 15.6. The molecule has 0 saturated heterocycles. The van der Waals surface area contributed by atoms with Gasteiger partial charge in [0.1, 0.15) is 0 Å². The molecule has 2 aromatic carbocycles. The van der Waals surface area contributed by atoms with Crippen LogP contribution >= 0.6 is 0 Å². The van der Waals surface area contributed by atoms with E-state index in [1.165, 1.54) is 18.2 Å². The molecule has 23 heavy (non-hydrogen) atoms. The lowest BCUT2D eigenvalue weighted by molar-refractivity contribution is -0.137. The highest BCUT2D eigenvalue weighted by atomic mass is 19.4. The Morgan fingerprint density at radius 1 is 1.22 bits per heavy atom. The largest absolute Gasteiger partial charge is 0.491 e. The molecular weight excluding hydrogens is 310 g/mol. The second kappa shape index (κ2) is 5.71. The molecular formula is C15H11BF3NO3. The minimum Gasteiger partial charge on any atom is -0.423 e. The minimum atomic E-state index is -4.47. The highest BCUT2D eigenvalue weighted by molar-refractivity contribution is 6.61. The maximum Gasteiger partial charge on any atom is 0.491 e. The van der Waals surface area contributed by atoms with Gasteiger partial charge in [-0.1, -0.05) is 12.1 Å². The van der Waals surface area contributed by atoms with Crippen LogP contribution in [-0.4, -0.2) is 18.0 Å². The second-order valence-corrected chi connectivity index (χ2v) is 5.11. The lowest BCUT2D eigenvalue weighted by Crippen LogP contribution is -2.28. The van der Waals surface area contributed by atoms with Crippen LogP contribution in [0.5, 0.6) is 0 Å². The van der Waals surface area contributed by atoms with Gasteiger partial charge in [-0.2, -0.15) is 13.2 Å². The summed E-state index contributed by atoms with van der Waals surface area (Å²) in [7, 11) is -1.01. The van der Waals surface area contributed by atoms with Crippen LogP contribution in [0.1, 0.15) is 21.5 Å². The summed E-state index contributed by atoms with van der Waals surface area (Å²) in [6.07, 6.45) is -4.47. The number of alkyl halides is 3. The van der Waals surface area contributed by atoms with Crippen molar-refractivity contribution in [3.05, 3.63) is 59.2 Å². The van der Waals surface area contributed by atoms with Crippen LogP contribution < -0.4 is 10.8 Å². The highest BCUT2D eigenvalue weighted by Gasteiger charge is 2.31. The van der Waals surface area contributed by atoms with Gasteiger partial charge in [-0.25, -0.2) is 0 Å². The molecule has 0 unspecified atom stereocenters. The Kier molecular flexibility index (Phi) is 3.87. The lowest BCUT2D eigenvalue weighted by atomic mass is 9.79. The topological polar surface area (TPSA) is 58.6 Å². The number of benzene rings is 2. The van der Waals surface area contributed by atoms with Gasteiger partial charge in [0.15, 0.2) is 0 Å². The van der Waals surface area contributed by atoms with Crippen LogP contribution in [0.3, 0.4) is 0 Å². The van der Waals surface area contributed by atoms with Crippen molar-refractivity contribution in [1.29, 1.82) is 0 Å². The number of hydrogen-bond donors (Lipinski definition) is 2. The predicted octanol–water partition coefficient (Wildman–Crippen LogP) is 2.18. The Bertz CT molecular complexity index is 764. The van der Waals surface area contributed by atoms with E-state index in [2.05, 4.69) is 5.32 Å². The summed E-state index contributed by atoms with van der Waals surface area (Å²) in [4.78, 5) is 12.2. The third-order valence-corrected chi connectivity index (χ3v) is 3.52. The Labute approximate surface area is 130 Å². The van der Waals surface area contributed by atoms with Crippen LogP contribution in [0.25, 0.3) is 0 Å². The standard InChI is InChI=1S/C15H11BF3NO3/c17-15(18,19)11-2-1-3-12(7-11)20-14(21)9-4-5-13-10(6-9)8-23-16(13)22/h1-7,22H,8H2,(H,20,21). The number of rotatable bonds is 2. The Balaban J connectivity index is 1.80. The van der Waals surface area contributed by atoms with E-state index in [9.17, 15) is 23.0 Å². The number of fused-ring (bicyclic) bond motifs is 1. The van der Waals surface area contributed by atoms with Crippen molar-refractivity contribution in [2.45, 2.75) is 12.8 Å². The van der Waals surface area contributed by atoms with E-state index in [1.54, 1.807) is 12.1 Å².